The number of hydrogen-bond donors (Lipinski definition) is 1. The van der Waals surface area contributed by atoms with Gasteiger partial charge >= 0.3 is 6.18 Å². The Balaban J connectivity index is 2.13. The molecule has 0 bridgehead atoms. The van der Waals surface area contributed by atoms with Gasteiger partial charge in [-0.15, -0.1) is 0 Å². The molecule has 1 aliphatic heterocycles. The lowest BCUT2D eigenvalue weighted by atomic mass is 9.97. The van der Waals surface area contributed by atoms with Crippen molar-refractivity contribution in [3.05, 3.63) is 28.8 Å². The first kappa shape index (κ1) is 16.1. The van der Waals surface area contributed by atoms with Crippen molar-refractivity contribution in [1.29, 1.82) is 0 Å². The monoisotopic (exact) mass is 320 g/mol. The predicted octanol–water partition coefficient (Wildman–Crippen LogP) is 3.64. The first-order valence-electron chi connectivity index (χ1n) is 6.63. The van der Waals surface area contributed by atoms with Gasteiger partial charge < -0.3 is 10.2 Å². The van der Waals surface area contributed by atoms with Crippen LogP contribution >= 0.6 is 11.6 Å². The average molecular weight is 321 g/mol. The second-order valence-electron chi connectivity index (χ2n) is 5.28. The first-order valence-corrected chi connectivity index (χ1v) is 7.01. The zero-order chi connectivity index (χ0) is 15.6. The number of amides is 1. The number of piperidine rings is 1. The number of nitrogens with one attached hydrogen (secondary N) is 1. The number of nitrogens with zero attached hydrogens (tertiary/aromatic N) is 1. The van der Waals surface area contributed by atoms with Gasteiger partial charge in [0.2, 0.25) is 5.91 Å². The van der Waals surface area contributed by atoms with Crippen LogP contribution < -0.4 is 5.32 Å². The third-order valence-corrected chi connectivity index (χ3v) is 3.88. The number of rotatable bonds is 2. The van der Waals surface area contributed by atoms with Gasteiger partial charge in [-0.2, -0.15) is 13.2 Å². The molecule has 0 spiro atoms. The molecule has 1 aromatic rings. The highest BCUT2D eigenvalue weighted by molar-refractivity contribution is 6.33. The Morgan fingerprint density at radius 3 is 2.76 bits per heavy atom. The molecule has 0 saturated carbocycles. The lowest BCUT2D eigenvalue weighted by molar-refractivity contribution is -0.137. The molecule has 7 heteroatoms. The third kappa shape index (κ3) is 4.11. The Bertz CT molecular complexity index is 533. The Morgan fingerprint density at radius 2 is 2.14 bits per heavy atom. The highest BCUT2D eigenvalue weighted by Crippen LogP contribution is 2.34. The molecule has 116 valence electrons. The van der Waals surface area contributed by atoms with Crippen molar-refractivity contribution in [2.75, 3.05) is 25.5 Å². The number of carbonyl (C=O) groups excluding carboxylic acids is 1. The Labute approximate surface area is 126 Å². The van der Waals surface area contributed by atoms with Crippen molar-refractivity contribution >= 4 is 23.2 Å². The Hall–Kier alpha value is -1.27. The maximum Gasteiger partial charge on any atom is 0.416 e. The van der Waals surface area contributed by atoms with Crippen LogP contribution in [-0.4, -0.2) is 30.9 Å². The Kier molecular flexibility index (Phi) is 4.78. The average Bonchev–Trinajstić information content (AvgIpc) is 2.40. The van der Waals surface area contributed by atoms with Crippen LogP contribution in [0.4, 0.5) is 18.9 Å². The molecule has 1 aromatic carbocycles. The second-order valence-corrected chi connectivity index (χ2v) is 5.69. The molecule has 1 amide bonds. The molecule has 0 aromatic heterocycles. The summed E-state index contributed by atoms with van der Waals surface area (Å²) in [5, 5.41) is 2.61. The van der Waals surface area contributed by atoms with Crippen molar-refractivity contribution in [3.8, 4) is 0 Å². The number of anilines is 1. The molecule has 1 fully saturated rings. The maximum absolute atomic E-state index is 12.7. The van der Waals surface area contributed by atoms with Gasteiger partial charge in [0, 0.05) is 6.54 Å². The normalized spacial score (nSPS) is 20.3. The maximum atomic E-state index is 12.7. The minimum atomic E-state index is -4.46. The summed E-state index contributed by atoms with van der Waals surface area (Å²) >= 11 is 5.87. The number of alkyl halides is 3. The van der Waals surface area contributed by atoms with E-state index in [1.54, 1.807) is 0 Å². The van der Waals surface area contributed by atoms with E-state index >= 15 is 0 Å². The molecule has 2 rings (SSSR count). The van der Waals surface area contributed by atoms with Crippen LogP contribution in [0, 0.1) is 5.92 Å². The summed E-state index contributed by atoms with van der Waals surface area (Å²) < 4.78 is 38.0. The van der Waals surface area contributed by atoms with Gasteiger partial charge in [-0.05, 0) is 44.6 Å². The number of hydrogen-bond acceptors (Lipinski definition) is 2. The summed E-state index contributed by atoms with van der Waals surface area (Å²) in [5.74, 6) is -0.517. The SMILES string of the molecule is CN1CCC[C@@H](C(=O)Nc2cc(C(F)(F)F)ccc2Cl)C1. The summed E-state index contributed by atoms with van der Waals surface area (Å²) in [4.78, 5) is 14.2. The van der Waals surface area contributed by atoms with Gasteiger partial charge in [-0.25, -0.2) is 0 Å². The lowest BCUT2D eigenvalue weighted by Gasteiger charge is -2.28. The van der Waals surface area contributed by atoms with Crippen LogP contribution in [0.25, 0.3) is 0 Å². The van der Waals surface area contributed by atoms with Gasteiger partial charge in [0.15, 0.2) is 0 Å². The minimum Gasteiger partial charge on any atom is -0.324 e. The fourth-order valence-electron chi connectivity index (χ4n) is 2.41. The zero-order valence-electron chi connectivity index (χ0n) is 11.5. The second kappa shape index (κ2) is 6.23. The van der Waals surface area contributed by atoms with Crippen LogP contribution in [0.2, 0.25) is 5.02 Å². The van der Waals surface area contributed by atoms with E-state index in [9.17, 15) is 18.0 Å². The lowest BCUT2D eigenvalue weighted by Crippen LogP contribution is -2.38. The van der Waals surface area contributed by atoms with E-state index in [2.05, 4.69) is 5.32 Å². The van der Waals surface area contributed by atoms with E-state index < -0.39 is 11.7 Å². The van der Waals surface area contributed by atoms with Crippen LogP contribution in [0.5, 0.6) is 0 Å². The fourth-order valence-corrected chi connectivity index (χ4v) is 2.58. The highest BCUT2D eigenvalue weighted by atomic mass is 35.5. The summed E-state index contributed by atoms with van der Waals surface area (Å²) in [6.07, 6.45) is -2.84. The first-order chi connectivity index (χ1) is 9.77. The topological polar surface area (TPSA) is 32.3 Å². The van der Waals surface area contributed by atoms with Crippen molar-refractivity contribution in [1.82, 2.24) is 4.90 Å². The largest absolute Gasteiger partial charge is 0.416 e. The van der Waals surface area contributed by atoms with E-state index in [0.29, 0.717) is 6.54 Å². The summed E-state index contributed by atoms with van der Waals surface area (Å²) in [5.41, 5.74) is -0.826. The van der Waals surface area contributed by atoms with Crippen molar-refractivity contribution in [2.45, 2.75) is 19.0 Å². The van der Waals surface area contributed by atoms with E-state index in [1.165, 1.54) is 0 Å². The quantitative estimate of drug-likeness (QED) is 0.902. The number of carbonyl (C=O) groups is 1. The standard InChI is InChI=1S/C14H16ClF3N2O/c1-20-6-2-3-9(8-20)13(21)19-12-7-10(14(16,17)18)4-5-11(12)15/h4-5,7,9H,2-3,6,8H2,1H3,(H,19,21)/t9-/m1/s1. The summed E-state index contributed by atoms with van der Waals surface area (Å²) in [7, 11) is 1.91. The third-order valence-electron chi connectivity index (χ3n) is 3.55. The molecule has 1 aliphatic rings. The van der Waals surface area contributed by atoms with Crippen molar-refractivity contribution in [3.63, 3.8) is 0 Å². The summed E-state index contributed by atoms with van der Waals surface area (Å²) in [6, 6.07) is 2.91. The molecule has 0 radical (unpaired) electrons. The van der Waals surface area contributed by atoms with Gasteiger partial charge in [0.25, 0.3) is 0 Å². The van der Waals surface area contributed by atoms with E-state index in [0.717, 1.165) is 37.6 Å². The van der Waals surface area contributed by atoms with Crippen LogP contribution in [0.15, 0.2) is 18.2 Å². The van der Waals surface area contributed by atoms with E-state index in [1.807, 2.05) is 11.9 Å². The minimum absolute atomic E-state index is 0.00437. The molecule has 1 N–H and O–H groups in total. The van der Waals surface area contributed by atoms with Gasteiger partial charge in [0.1, 0.15) is 0 Å². The Morgan fingerprint density at radius 1 is 1.43 bits per heavy atom. The summed E-state index contributed by atoms with van der Waals surface area (Å²) in [6.45, 7) is 1.52. The number of likely N-dealkylation sites (tertiary alicyclic amines) is 1. The van der Waals surface area contributed by atoms with Gasteiger partial charge in [-0.1, -0.05) is 11.6 Å². The molecule has 1 saturated heterocycles. The molecule has 3 nitrogen and oxygen atoms in total. The highest BCUT2D eigenvalue weighted by Gasteiger charge is 2.31. The van der Waals surface area contributed by atoms with E-state index in [4.69, 9.17) is 11.6 Å². The number of halogens is 4. The van der Waals surface area contributed by atoms with Crippen molar-refractivity contribution < 1.29 is 18.0 Å². The molecule has 1 atom stereocenters. The van der Waals surface area contributed by atoms with Crippen molar-refractivity contribution in [2.24, 2.45) is 5.92 Å². The smallest absolute Gasteiger partial charge is 0.324 e. The molecule has 21 heavy (non-hydrogen) atoms. The van der Waals surface area contributed by atoms with Crippen LogP contribution in [-0.2, 0) is 11.0 Å². The molecule has 0 unspecified atom stereocenters. The van der Waals surface area contributed by atoms with Gasteiger partial charge in [-0.3, -0.25) is 4.79 Å². The predicted molar refractivity (Wildman–Crippen MR) is 75.3 cm³/mol. The zero-order valence-corrected chi connectivity index (χ0v) is 12.3. The van der Waals surface area contributed by atoms with Crippen LogP contribution in [0.3, 0.4) is 0 Å². The fraction of sp³-hybridized carbons (Fsp3) is 0.500. The number of benzene rings is 1. The molecular formula is C14H16ClF3N2O. The van der Waals surface area contributed by atoms with E-state index in [-0.39, 0.29) is 22.5 Å². The van der Waals surface area contributed by atoms with Gasteiger partial charge in [0.05, 0.1) is 22.2 Å². The molecular weight excluding hydrogens is 305 g/mol. The molecule has 0 aliphatic carbocycles. The van der Waals surface area contributed by atoms with Crippen LogP contribution in [0.1, 0.15) is 18.4 Å². The molecule has 1 heterocycles.